The topological polar surface area (TPSA) is 76.2 Å². The quantitative estimate of drug-likeness (QED) is 0.708. The number of benzene rings is 1. The van der Waals surface area contributed by atoms with Crippen molar-refractivity contribution in [3.8, 4) is 0 Å². The van der Waals surface area contributed by atoms with Crippen LogP contribution in [0.5, 0.6) is 0 Å². The summed E-state index contributed by atoms with van der Waals surface area (Å²) >= 11 is 0. The first kappa shape index (κ1) is 21.0. The average Bonchev–Trinajstić information content (AvgIpc) is 2.79. The van der Waals surface area contributed by atoms with Crippen LogP contribution in [0.4, 0.5) is 9.18 Å². The molecule has 0 N–H and O–H groups in total. The number of halogens is 1. The maximum absolute atomic E-state index is 15.1. The molecule has 2 heterocycles. The van der Waals surface area contributed by atoms with Crippen molar-refractivity contribution < 1.29 is 28.2 Å². The predicted octanol–water partition coefficient (Wildman–Crippen LogP) is 3.16. The molecule has 8 heteroatoms. The second-order valence-corrected chi connectivity index (χ2v) is 8.23. The molecule has 1 atom stereocenters. The Kier molecular flexibility index (Phi) is 5.75. The number of carbonyl (C=O) groups is 3. The van der Waals surface area contributed by atoms with Gasteiger partial charge in [0, 0.05) is 5.57 Å². The molecule has 0 aromatic heterocycles. The maximum Gasteiger partial charge on any atom is 0.410 e. The molecular weight excluding hydrogens is 379 g/mol. The first-order valence-corrected chi connectivity index (χ1v) is 9.48. The van der Waals surface area contributed by atoms with E-state index in [0.29, 0.717) is 0 Å². The Labute approximate surface area is 169 Å². The number of nitrogens with zero attached hydrogens (tertiary/aromatic N) is 2. The fourth-order valence-electron chi connectivity index (χ4n) is 3.21. The van der Waals surface area contributed by atoms with Crippen molar-refractivity contribution in [1.82, 2.24) is 9.80 Å². The van der Waals surface area contributed by atoms with Gasteiger partial charge in [-0.2, -0.15) is 0 Å². The molecule has 0 saturated carbocycles. The Morgan fingerprint density at radius 1 is 1.21 bits per heavy atom. The SMILES string of the molecule is C[C@H]1CN(C(=O)OC(C)(C)C)C/C(=C(\F)CN2C(=O)c3ccccc3C2=O)CO1. The average molecular weight is 404 g/mol. The van der Waals surface area contributed by atoms with Gasteiger partial charge in [0.2, 0.25) is 0 Å². The number of hydrogen-bond acceptors (Lipinski definition) is 5. The van der Waals surface area contributed by atoms with E-state index in [2.05, 4.69) is 0 Å². The highest BCUT2D eigenvalue weighted by Gasteiger charge is 2.36. The molecule has 0 radical (unpaired) electrons. The van der Waals surface area contributed by atoms with Crippen molar-refractivity contribution in [3.05, 3.63) is 46.8 Å². The molecule has 156 valence electrons. The van der Waals surface area contributed by atoms with E-state index in [4.69, 9.17) is 9.47 Å². The molecule has 1 fully saturated rings. The van der Waals surface area contributed by atoms with E-state index < -0.39 is 35.9 Å². The molecule has 0 aliphatic carbocycles. The van der Waals surface area contributed by atoms with Gasteiger partial charge >= 0.3 is 6.09 Å². The van der Waals surface area contributed by atoms with Crippen molar-refractivity contribution in [3.63, 3.8) is 0 Å². The van der Waals surface area contributed by atoms with E-state index in [1.807, 2.05) is 0 Å². The standard InChI is InChI=1S/C21H25FN2O5/c1-13-9-23(20(27)29-21(2,3)4)10-14(12-28-13)17(22)11-24-18(25)15-7-5-6-8-16(15)19(24)26/h5-8,13H,9-12H2,1-4H3/b17-14+/t13-/m0/s1. The molecule has 0 unspecified atom stereocenters. The zero-order valence-electron chi connectivity index (χ0n) is 17.0. The number of hydrogen-bond donors (Lipinski definition) is 0. The summed E-state index contributed by atoms with van der Waals surface area (Å²) < 4.78 is 26.0. The number of fused-ring (bicyclic) bond motifs is 1. The molecule has 1 saturated heterocycles. The first-order chi connectivity index (χ1) is 13.6. The Bertz CT molecular complexity index is 839. The van der Waals surface area contributed by atoms with Crippen LogP contribution in [0.3, 0.4) is 0 Å². The van der Waals surface area contributed by atoms with Gasteiger partial charge in [0.05, 0.1) is 43.5 Å². The Morgan fingerprint density at radius 3 is 2.34 bits per heavy atom. The van der Waals surface area contributed by atoms with E-state index >= 15 is 4.39 Å². The van der Waals surface area contributed by atoms with Gasteiger partial charge in [0.15, 0.2) is 0 Å². The molecule has 1 aromatic rings. The zero-order chi connectivity index (χ0) is 21.3. The second kappa shape index (κ2) is 7.94. The van der Waals surface area contributed by atoms with E-state index in [0.717, 1.165) is 4.90 Å². The highest BCUT2D eigenvalue weighted by atomic mass is 19.1. The van der Waals surface area contributed by atoms with Crippen LogP contribution in [0.2, 0.25) is 0 Å². The Balaban J connectivity index is 1.79. The van der Waals surface area contributed by atoms with Gasteiger partial charge in [-0.1, -0.05) is 12.1 Å². The van der Waals surface area contributed by atoms with Gasteiger partial charge < -0.3 is 14.4 Å². The molecule has 0 spiro atoms. The van der Waals surface area contributed by atoms with Crippen LogP contribution < -0.4 is 0 Å². The van der Waals surface area contributed by atoms with E-state index in [1.165, 1.54) is 4.90 Å². The number of rotatable bonds is 2. The summed E-state index contributed by atoms with van der Waals surface area (Å²) in [7, 11) is 0. The largest absolute Gasteiger partial charge is 0.444 e. The smallest absolute Gasteiger partial charge is 0.410 e. The lowest BCUT2D eigenvalue weighted by molar-refractivity contribution is 0.0171. The van der Waals surface area contributed by atoms with Crippen molar-refractivity contribution in [1.29, 1.82) is 0 Å². The number of carbonyl (C=O) groups excluding carboxylic acids is 3. The van der Waals surface area contributed by atoms with Gasteiger partial charge in [-0.15, -0.1) is 0 Å². The van der Waals surface area contributed by atoms with Crippen LogP contribution >= 0.6 is 0 Å². The number of ether oxygens (including phenoxy) is 2. The van der Waals surface area contributed by atoms with Gasteiger partial charge in [0.1, 0.15) is 11.4 Å². The van der Waals surface area contributed by atoms with Crippen molar-refractivity contribution >= 4 is 17.9 Å². The fourth-order valence-corrected chi connectivity index (χ4v) is 3.21. The zero-order valence-corrected chi connectivity index (χ0v) is 17.0. The molecule has 2 aliphatic heterocycles. The van der Waals surface area contributed by atoms with Crippen molar-refractivity contribution in [2.24, 2.45) is 0 Å². The fraction of sp³-hybridized carbons (Fsp3) is 0.476. The monoisotopic (exact) mass is 404 g/mol. The highest BCUT2D eigenvalue weighted by Crippen LogP contribution is 2.25. The van der Waals surface area contributed by atoms with Gasteiger partial charge in [-0.25, -0.2) is 9.18 Å². The molecular formula is C21H25FN2O5. The molecule has 3 rings (SSSR count). The molecule has 7 nitrogen and oxygen atoms in total. The van der Waals surface area contributed by atoms with Crippen LogP contribution in [0.25, 0.3) is 0 Å². The minimum atomic E-state index is -0.684. The summed E-state index contributed by atoms with van der Waals surface area (Å²) in [5.41, 5.74) is 0.0420. The molecule has 1 aromatic carbocycles. The third-order valence-electron chi connectivity index (χ3n) is 4.61. The summed E-state index contributed by atoms with van der Waals surface area (Å²) in [4.78, 5) is 39.7. The van der Waals surface area contributed by atoms with E-state index in [9.17, 15) is 14.4 Å². The second-order valence-electron chi connectivity index (χ2n) is 8.23. The lowest BCUT2D eigenvalue weighted by Crippen LogP contribution is -2.40. The third kappa shape index (κ3) is 4.64. The van der Waals surface area contributed by atoms with Crippen molar-refractivity contribution in [2.75, 3.05) is 26.2 Å². The van der Waals surface area contributed by atoms with Crippen LogP contribution in [0.15, 0.2) is 35.7 Å². The minimum Gasteiger partial charge on any atom is -0.444 e. The first-order valence-electron chi connectivity index (χ1n) is 9.48. The lowest BCUT2D eigenvalue weighted by Gasteiger charge is -2.27. The lowest BCUT2D eigenvalue weighted by atomic mass is 10.1. The minimum absolute atomic E-state index is 0.0323. The van der Waals surface area contributed by atoms with Crippen LogP contribution in [-0.4, -0.2) is 65.7 Å². The summed E-state index contributed by atoms with van der Waals surface area (Å²) in [5.74, 6) is -1.73. The van der Waals surface area contributed by atoms with Gasteiger partial charge in [-0.3, -0.25) is 14.5 Å². The third-order valence-corrected chi connectivity index (χ3v) is 4.61. The van der Waals surface area contributed by atoms with Gasteiger partial charge in [0.25, 0.3) is 11.8 Å². The highest BCUT2D eigenvalue weighted by molar-refractivity contribution is 6.21. The molecule has 29 heavy (non-hydrogen) atoms. The Morgan fingerprint density at radius 2 is 1.79 bits per heavy atom. The van der Waals surface area contributed by atoms with Gasteiger partial charge in [-0.05, 0) is 39.8 Å². The summed E-state index contributed by atoms with van der Waals surface area (Å²) in [6, 6.07) is 6.39. The van der Waals surface area contributed by atoms with Crippen molar-refractivity contribution in [2.45, 2.75) is 39.4 Å². The van der Waals surface area contributed by atoms with Crippen LogP contribution in [0.1, 0.15) is 48.4 Å². The summed E-state index contributed by atoms with van der Waals surface area (Å²) in [5, 5.41) is 0. The predicted molar refractivity (Wildman–Crippen MR) is 103 cm³/mol. The number of imide groups is 1. The molecule has 0 bridgehead atoms. The van der Waals surface area contributed by atoms with E-state index in [-0.39, 0.29) is 42.5 Å². The normalized spacial score (nSPS) is 21.8. The Hall–Kier alpha value is -2.74. The summed E-state index contributed by atoms with van der Waals surface area (Å²) in [6.45, 7) is 6.72. The van der Waals surface area contributed by atoms with E-state index in [1.54, 1.807) is 52.0 Å². The maximum atomic E-state index is 15.1. The van der Waals surface area contributed by atoms with Crippen LogP contribution in [-0.2, 0) is 9.47 Å². The molecule has 3 amide bonds. The van der Waals surface area contributed by atoms with Crippen LogP contribution in [0, 0.1) is 0 Å². The number of amides is 3. The molecule has 2 aliphatic rings. The summed E-state index contributed by atoms with van der Waals surface area (Å²) in [6.07, 6.45) is -0.881.